The van der Waals surface area contributed by atoms with E-state index in [1.165, 1.54) is 13.2 Å². The Balaban J connectivity index is 2.46. The van der Waals surface area contributed by atoms with Crippen LogP contribution < -0.4 is 10.1 Å². The van der Waals surface area contributed by atoms with Gasteiger partial charge in [0.05, 0.1) is 7.11 Å². The largest absolute Gasteiger partial charge is 0.494 e. The van der Waals surface area contributed by atoms with Gasteiger partial charge in [-0.3, -0.25) is 0 Å². The minimum Gasteiger partial charge on any atom is -0.494 e. The van der Waals surface area contributed by atoms with Gasteiger partial charge >= 0.3 is 0 Å². The number of nitrogens with one attached hydrogen (secondary N) is 1. The van der Waals surface area contributed by atoms with Gasteiger partial charge in [-0.05, 0) is 24.7 Å². The molecule has 4 heteroatoms. The number of ether oxygens (including phenoxy) is 1. The first-order valence-electron chi connectivity index (χ1n) is 6.27. The Labute approximate surface area is 109 Å². The number of halogens is 1. The van der Waals surface area contributed by atoms with Crippen LogP contribution in [-0.4, -0.2) is 38.2 Å². The number of likely N-dealkylation sites (N-methyl/N-ethyl adjacent to an activating group) is 1. The summed E-state index contributed by atoms with van der Waals surface area (Å²) in [6.07, 6.45) is 0. The van der Waals surface area contributed by atoms with Gasteiger partial charge in [-0.25, -0.2) is 4.39 Å². The quantitative estimate of drug-likeness (QED) is 0.808. The normalized spacial score (nSPS) is 11.3. The standard InChI is InChI=1S/C14H23FN2O/c1-11(2)16-7-8-17(3)10-12-5-6-13(15)14(9-12)18-4/h5-6,9,11,16H,7-8,10H2,1-4H3. The lowest BCUT2D eigenvalue weighted by Gasteiger charge is -2.18. The Kier molecular flexibility index (Phi) is 6.09. The molecule has 3 nitrogen and oxygen atoms in total. The summed E-state index contributed by atoms with van der Waals surface area (Å²) >= 11 is 0. The summed E-state index contributed by atoms with van der Waals surface area (Å²) in [7, 11) is 3.54. The molecule has 0 unspecified atom stereocenters. The molecule has 18 heavy (non-hydrogen) atoms. The zero-order valence-electron chi connectivity index (χ0n) is 11.7. The van der Waals surface area contributed by atoms with E-state index in [4.69, 9.17) is 4.74 Å². The van der Waals surface area contributed by atoms with Crippen molar-refractivity contribution < 1.29 is 9.13 Å². The first-order chi connectivity index (χ1) is 8.52. The van der Waals surface area contributed by atoms with Crippen LogP contribution in [-0.2, 0) is 6.54 Å². The van der Waals surface area contributed by atoms with Crippen LogP contribution in [0, 0.1) is 5.82 Å². The third-order valence-electron chi connectivity index (χ3n) is 2.71. The van der Waals surface area contributed by atoms with Crippen LogP contribution in [0.5, 0.6) is 5.75 Å². The highest BCUT2D eigenvalue weighted by Gasteiger charge is 2.06. The van der Waals surface area contributed by atoms with E-state index in [1.54, 1.807) is 12.1 Å². The minimum absolute atomic E-state index is 0.307. The van der Waals surface area contributed by atoms with Crippen LogP contribution >= 0.6 is 0 Å². The molecule has 0 bridgehead atoms. The van der Waals surface area contributed by atoms with E-state index in [0.29, 0.717) is 11.8 Å². The first kappa shape index (κ1) is 14.9. The lowest BCUT2D eigenvalue weighted by molar-refractivity contribution is 0.318. The molecule has 1 N–H and O–H groups in total. The van der Waals surface area contributed by atoms with E-state index in [1.807, 2.05) is 0 Å². The van der Waals surface area contributed by atoms with Gasteiger partial charge in [-0.2, -0.15) is 0 Å². The third kappa shape index (κ3) is 5.02. The van der Waals surface area contributed by atoms with Crippen molar-refractivity contribution in [3.63, 3.8) is 0 Å². The molecule has 0 fully saturated rings. The maximum absolute atomic E-state index is 13.3. The second-order valence-electron chi connectivity index (χ2n) is 4.82. The van der Waals surface area contributed by atoms with Gasteiger partial charge in [0, 0.05) is 25.7 Å². The maximum atomic E-state index is 13.3. The molecule has 0 radical (unpaired) electrons. The Morgan fingerprint density at radius 3 is 2.72 bits per heavy atom. The van der Waals surface area contributed by atoms with Crippen molar-refractivity contribution in [2.75, 3.05) is 27.2 Å². The van der Waals surface area contributed by atoms with Crippen LogP contribution in [0.3, 0.4) is 0 Å². The summed E-state index contributed by atoms with van der Waals surface area (Å²) in [6.45, 7) is 6.95. The molecular formula is C14H23FN2O. The topological polar surface area (TPSA) is 24.5 Å². The van der Waals surface area contributed by atoms with E-state index in [9.17, 15) is 4.39 Å². The molecule has 0 amide bonds. The molecule has 102 valence electrons. The second-order valence-corrected chi connectivity index (χ2v) is 4.82. The molecule has 0 aromatic heterocycles. The van der Waals surface area contributed by atoms with Gasteiger partial charge in [0.25, 0.3) is 0 Å². The molecule has 0 aliphatic carbocycles. The van der Waals surface area contributed by atoms with E-state index in [2.05, 4.69) is 31.1 Å². The molecule has 0 saturated carbocycles. The van der Waals surface area contributed by atoms with E-state index in [-0.39, 0.29) is 5.82 Å². The minimum atomic E-state index is -0.314. The zero-order valence-corrected chi connectivity index (χ0v) is 11.7. The van der Waals surface area contributed by atoms with Crippen LogP contribution in [0.4, 0.5) is 4.39 Å². The Morgan fingerprint density at radius 2 is 2.11 bits per heavy atom. The highest BCUT2D eigenvalue weighted by molar-refractivity contribution is 5.30. The Bertz CT molecular complexity index is 369. The van der Waals surface area contributed by atoms with Crippen molar-refractivity contribution in [1.29, 1.82) is 0 Å². The van der Waals surface area contributed by atoms with Gasteiger partial charge in [-0.15, -0.1) is 0 Å². The predicted octanol–water partition coefficient (Wildman–Crippen LogP) is 2.26. The number of rotatable bonds is 7. The second kappa shape index (κ2) is 7.34. The number of nitrogens with zero attached hydrogens (tertiary/aromatic N) is 1. The van der Waals surface area contributed by atoms with Gasteiger partial charge in [0.15, 0.2) is 11.6 Å². The average molecular weight is 254 g/mol. The Morgan fingerprint density at radius 1 is 1.39 bits per heavy atom. The summed E-state index contributed by atoms with van der Waals surface area (Å²) in [4.78, 5) is 2.20. The molecule has 1 rings (SSSR count). The monoisotopic (exact) mass is 254 g/mol. The number of hydrogen-bond acceptors (Lipinski definition) is 3. The van der Waals surface area contributed by atoms with Gasteiger partial charge in [-0.1, -0.05) is 19.9 Å². The molecule has 0 aliphatic heterocycles. The first-order valence-corrected chi connectivity index (χ1v) is 6.27. The smallest absolute Gasteiger partial charge is 0.165 e. The fourth-order valence-electron chi connectivity index (χ4n) is 1.74. The number of hydrogen-bond donors (Lipinski definition) is 1. The summed E-state index contributed by atoms with van der Waals surface area (Å²) in [5, 5.41) is 3.37. The van der Waals surface area contributed by atoms with Crippen LogP contribution in [0.1, 0.15) is 19.4 Å². The van der Waals surface area contributed by atoms with Crippen molar-refractivity contribution in [2.45, 2.75) is 26.4 Å². The molecule has 1 aromatic carbocycles. The van der Waals surface area contributed by atoms with E-state index < -0.39 is 0 Å². The summed E-state index contributed by atoms with van der Waals surface area (Å²) < 4.78 is 18.2. The molecule has 0 spiro atoms. The molecule has 1 aromatic rings. The maximum Gasteiger partial charge on any atom is 0.165 e. The molecule has 0 aliphatic rings. The fraction of sp³-hybridized carbons (Fsp3) is 0.571. The van der Waals surface area contributed by atoms with Crippen LogP contribution in [0.15, 0.2) is 18.2 Å². The zero-order chi connectivity index (χ0) is 13.5. The summed E-state index contributed by atoms with van der Waals surface area (Å²) in [5.74, 6) is -0.00779. The lowest BCUT2D eigenvalue weighted by atomic mass is 10.2. The van der Waals surface area contributed by atoms with Crippen LogP contribution in [0.25, 0.3) is 0 Å². The van der Waals surface area contributed by atoms with Crippen LogP contribution in [0.2, 0.25) is 0 Å². The van der Waals surface area contributed by atoms with E-state index >= 15 is 0 Å². The average Bonchev–Trinajstić information content (AvgIpc) is 2.31. The van der Waals surface area contributed by atoms with Crippen molar-refractivity contribution in [3.8, 4) is 5.75 Å². The van der Waals surface area contributed by atoms with Crippen molar-refractivity contribution in [2.24, 2.45) is 0 Å². The molecule has 0 heterocycles. The van der Waals surface area contributed by atoms with Gasteiger partial charge in [0.1, 0.15) is 0 Å². The van der Waals surface area contributed by atoms with Gasteiger partial charge in [0.2, 0.25) is 0 Å². The Hall–Kier alpha value is -1.13. The summed E-state index contributed by atoms with van der Waals surface area (Å²) in [5.41, 5.74) is 1.06. The molecular weight excluding hydrogens is 231 g/mol. The van der Waals surface area contributed by atoms with Crippen molar-refractivity contribution in [3.05, 3.63) is 29.6 Å². The lowest BCUT2D eigenvalue weighted by Crippen LogP contribution is -2.32. The SMILES string of the molecule is COc1cc(CN(C)CCNC(C)C)ccc1F. The number of methoxy groups -OCH3 is 1. The van der Waals surface area contributed by atoms with Crippen molar-refractivity contribution >= 4 is 0 Å². The third-order valence-corrected chi connectivity index (χ3v) is 2.71. The van der Waals surface area contributed by atoms with Crippen molar-refractivity contribution in [1.82, 2.24) is 10.2 Å². The number of benzene rings is 1. The molecule has 0 atom stereocenters. The van der Waals surface area contributed by atoms with Gasteiger partial charge < -0.3 is 15.0 Å². The highest BCUT2D eigenvalue weighted by atomic mass is 19.1. The van der Waals surface area contributed by atoms with E-state index in [0.717, 1.165) is 25.2 Å². The highest BCUT2D eigenvalue weighted by Crippen LogP contribution is 2.18. The summed E-state index contributed by atoms with van der Waals surface area (Å²) in [6, 6.07) is 5.50. The predicted molar refractivity (Wildman–Crippen MR) is 72.4 cm³/mol. The fourth-order valence-corrected chi connectivity index (χ4v) is 1.74. The molecule has 0 saturated heterocycles.